The van der Waals surface area contributed by atoms with Gasteiger partial charge in [-0.05, 0) is 39.2 Å². The van der Waals surface area contributed by atoms with Gasteiger partial charge in [-0.25, -0.2) is 13.1 Å². The maximum absolute atomic E-state index is 12.4. The molecule has 0 aliphatic rings. The fourth-order valence-corrected chi connectivity index (χ4v) is 3.99. The van der Waals surface area contributed by atoms with Crippen LogP contribution in [0, 0.1) is 19.8 Å². The van der Waals surface area contributed by atoms with E-state index in [1.54, 1.807) is 25.6 Å². The van der Waals surface area contributed by atoms with E-state index in [9.17, 15) is 8.42 Å². The molecule has 0 aromatic carbocycles. The lowest BCUT2D eigenvalue weighted by Gasteiger charge is -2.16. The van der Waals surface area contributed by atoms with E-state index >= 15 is 0 Å². The second-order valence-electron chi connectivity index (χ2n) is 5.21. The van der Waals surface area contributed by atoms with Crippen LogP contribution in [0.5, 0.6) is 0 Å². The first-order chi connectivity index (χ1) is 9.33. The van der Waals surface area contributed by atoms with Crippen molar-refractivity contribution >= 4 is 10.0 Å². The summed E-state index contributed by atoms with van der Waals surface area (Å²) in [7, 11) is -1.76. The standard InChI is InChI=1S/C13H26N4O2S/c1-5-6-12(7-8-14)9-15-20(18,19)13-10(2)16-17(4)11(13)3/h12,15H,5-9,14H2,1-4H3. The van der Waals surface area contributed by atoms with Crippen molar-refractivity contribution in [2.45, 2.75) is 44.9 Å². The topological polar surface area (TPSA) is 90.0 Å². The minimum atomic E-state index is -3.51. The molecule has 0 saturated carbocycles. The summed E-state index contributed by atoms with van der Waals surface area (Å²) < 4.78 is 29.1. The van der Waals surface area contributed by atoms with Crippen LogP contribution in [0.25, 0.3) is 0 Å². The highest BCUT2D eigenvalue weighted by Gasteiger charge is 2.24. The Labute approximate surface area is 121 Å². The first kappa shape index (κ1) is 17.1. The molecule has 1 heterocycles. The molecule has 3 N–H and O–H groups in total. The first-order valence-electron chi connectivity index (χ1n) is 7.03. The Kier molecular flexibility index (Phi) is 6.16. The van der Waals surface area contributed by atoms with E-state index in [1.807, 2.05) is 0 Å². The molecular formula is C13H26N4O2S. The van der Waals surface area contributed by atoms with E-state index in [0.29, 0.717) is 29.4 Å². The third kappa shape index (κ3) is 4.04. The summed E-state index contributed by atoms with van der Waals surface area (Å²) in [4.78, 5) is 0.294. The van der Waals surface area contributed by atoms with Crippen molar-refractivity contribution in [1.82, 2.24) is 14.5 Å². The number of nitrogens with one attached hydrogen (secondary N) is 1. The normalized spacial score (nSPS) is 13.7. The van der Waals surface area contributed by atoms with Gasteiger partial charge in [-0.3, -0.25) is 4.68 Å². The number of hydrogen-bond donors (Lipinski definition) is 2. The van der Waals surface area contributed by atoms with Gasteiger partial charge in [-0.15, -0.1) is 0 Å². The summed E-state index contributed by atoms with van der Waals surface area (Å²) in [6.07, 6.45) is 2.84. The predicted octanol–water partition coefficient (Wildman–Crippen LogP) is 1.08. The van der Waals surface area contributed by atoms with Gasteiger partial charge in [0, 0.05) is 13.6 Å². The minimum absolute atomic E-state index is 0.289. The summed E-state index contributed by atoms with van der Waals surface area (Å²) >= 11 is 0. The van der Waals surface area contributed by atoms with E-state index < -0.39 is 10.0 Å². The van der Waals surface area contributed by atoms with Crippen molar-refractivity contribution in [3.8, 4) is 0 Å². The zero-order chi connectivity index (χ0) is 15.3. The Morgan fingerprint density at radius 1 is 1.35 bits per heavy atom. The fraction of sp³-hybridized carbons (Fsp3) is 0.769. The van der Waals surface area contributed by atoms with Crippen molar-refractivity contribution in [2.24, 2.45) is 18.7 Å². The van der Waals surface area contributed by atoms with Crippen LogP contribution in [-0.4, -0.2) is 31.3 Å². The van der Waals surface area contributed by atoms with Crippen LogP contribution in [0.1, 0.15) is 37.6 Å². The summed E-state index contributed by atoms with van der Waals surface area (Å²) in [5.74, 6) is 0.289. The molecule has 1 aromatic rings. The second kappa shape index (κ2) is 7.19. The van der Waals surface area contributed by atoms with Gasteiger partial charge in [0.15, 0.2) is 0 Å². The Hall–Kier alpha value is -0.920. The Bertz CT molecular complexity index is 531. The summed E-state index contributed by atoms with van der Waals surface area (Å²) in [5.41, 5.74) is 6.76. The zero-order valence-corrected chi connectivity index (χ0v) is 13.6. The Balaban J connectivity index is 2.84. The molecule has 6 nitrogen and oxygen atoms in total. The van der Waals surface area contributed by atoms with Gasteiger partial charge in [-0.1, -0.05) is 13.3 Å². The van der Waals surface area contributed by atoms with Gasteiger partial charge >= 0.3 is 0 Å². The fourth-order valence-electron chi connectivity index (χ4n) is 2.44. The van der Waals surface area contributed by atoms with Crippen molar-refractivity contribution in [3.63, 3.8) is 0 Å². The largest absolute Gasteiger partial charge is 0.330 e. The van der Waals surface area contributed by atoms with Crippen LogP contribution in [0.2, 0.25) is 0 Å². The van der Waals surface area contributed by atoms with Crippen LogP contribution in [0.3, 0.4) is 0 Å². The van der Waals surface area contributed by atoms with E-state index in [1.165, 1.54) is 0 Å². The average molecular weight is 302 g/mol. The molecule has 0 bridgehead atoms. The quantitative estimate of drug-likeness (QED) is 0.752. The Morgan fingerprint density at radius 3 is 2.45 bits per heavy atom. The molecule has 0 saturated heterocycles. The molecule has 1 atom stereocenters. The molecule has 0 fully saturated rings. The monoisotopic (exact) mass is 302 g/mol. The SMILES string of the molecule is CCCC(CCN)CNS(=O)(=O)c1c(C)nn(C)c1C. The highest BCUT2D eigenvalue weighted by Crippen LogP contribution is 2.19. The molecule has 0 aliphatic carbocycles. The van der Waals surface area contributed by atoms with Gasteiger partial charge in [-0.2, -0.15) is 5.10 Å². The number of nitrogens with two attached hydrogens (primary N) is 1. The van der Waals surface area contributed by atoms with Crippen molar-refractivity contribution in [2.75, 3.05) is 13.1 Å². The first-order valence-corrected chi connectivity index (χ1v) is 8.51. The summed E-state index contributed by atoms with van der Waals surface area (Å²) in [6.45, 7) is 6.58. The van der Waals surface area contributed by atoms with Crippen LogP contribution in [0.15, 0.2) is 4.90 Å². The van der Waals surface area contributed by atoms with Gasteiger partial charge < -0.3 is 5.73 Å². The molecule has 0 amide bonds. The van der Waals surface area contributed by atoms with Crippen LogP contribution < -0.4 is 10.5 Å². The van der Waals surface area contributed by atoms with Crippen molar-refractivity contribution in [1.29, 1.82) is 0 Å². The molecule has 0 radical (unpaired) electrons. The van der Waals surface area contributed by atoms with Gasteiger partial charge in [0.05, 0.1) is 11.4 Å². The zero-order valence-electron chi connectivity index (χ0n) is 12.8. The lowest BCUT2D eigenvalue weighted by Crippen LogP contribution is -2.31. The molecule has 116 valence electrons. The highest BCUT2D eigenvalue weighted by atomic mass is 32.2. The third-order valence-electron chi connectivity index (χ3n) is 3.55. The second-order valence-corrected chi connectivity index (χ2v) is 6.91. The maximum atomic E-state index is 12.4. The summed E-state index contributed by atoms with van der Waals surface area (Å²) in [6, 6.07) is 0. The van der Waals surface area contributed by atoms with Crippen LogP contribution >= 0.6 is 0 Å². The van der Waals surface area contributed by atoms with Crippen molar-refractivity contribution < 1.29 is 8.42 Å². The molecule has 0 spiro atoms. The van der Waals surface area contributed by atoms with E-state index in [4.69, 9.17) is 5.73 Å². The van der Waals surface area contributed by atoms with E-state index in [0.717, 1.165) is 19.3 Å². The number of nitrogens with zero attached hydrogens (tertiary/aromatic N) is 2. The Morgan fingerprint density at radius 2 is 2.00 bits per heavy atom. The molecule has 1 aromatic heterocycles. The smallest absolute Gasteiger partial charge is 0.244 e. The number of sulfonamides is 1. The van der Waals surface area contributed by atoms with Gasteiger partial charge in [0.1, 0.15) is 4.90 Å². The molecule has 1 rings (SSSR count). The number of rotatable bonds is 8. The molecule has 1 unspecified atom stereocenters. The molecule has 20 heavy (non-hydrogen) atoms. The average Bonchev–Trinajstić information content (AvgIpc) is 2.61. The number of aryl methyl sites for hydroxylation is 2. The predicted molar refractivity (Wildman–Crippen MR) is 79.9 cm³/mol. The third-order valence-corrected chi connectivity index (χ3v) is 5.22. The van der Waals surface area contributed by atoms with E-state index in [2.05, 4.69) is 16.7 Å². The van der Waals surface area contributed by atoms with Crippen LogP contribution in [-0.2, 0) is 17.1 Å². The summed E-state index contributed by atoms with van der Waals surface area (Å²) in [5, 5.41) is 4.15. The van der Waals surface area contributed by atoms with E-state index in [-0.39, 0.29) is 5.92 Å². The molecule has 0 aliphatic heterocycles. The number of hydrogen-bond acceptors (Lipinski definition) is 4. The van der Waals surface area contributed by atoms with Gasteiger partial charge in [0.25, 0.3) is 0 Å². The maximum Gasteiger partial charge on any atom is 0.244 e. The lowest BCUT2D eigenvalue weighted by atomic mass is 10.0. The lowest BCUT2D eigenvalue weighted by molar-refractivity contribution is 0.443. The number of aromatic nitrogens is 2. The minimum Gasteiger partial charge on any atom is -0.330 e. The molecule has 7 heteroatoms. The molecular weight excluding hydrogens is 276 g/mol. The van der Waals surface area contributed by atoms with Gasteiger partial charge in [0.2, 0.25) is 10.0 Å². The van der Waals surface area contributed by atoms with Crippen molar-refractivity contribution in [3.05, 3.63) is 11.4 Å². The van der Waals surface area contributed by atoms with Crippen LogP contribution in [0.4, 0.5) is 0 Å². The highest BCUT2D eigenvalue weighted by molar-refractivity contribution is 7.89.